The van der Waals surface area contributed by atoms with Crippen molar-refractivity contribution >= 4 is 35.9 Å². The molecule has 0 nitrogen and oxygen atoms in total. The summed E-state index contributed by atoms with van der Waals surface area (Å²) in [6.45, 7) is 5.82. The molecule has 0 heterocycles. The Hall–Kier alpha value is -0.823. The van der Waals surface area contributed by atoms with E-state index in [0.29, 0.717) is 8.76 Å². The molecule has 0 bridgehead atoms. The van der Waals surface area contributed by atoms with Gasteiger partial charge in [0.2, 0.25) is 0 Å². The zero-order valence-electron chi connectivity index (χ0n) is 11.4. The molecule has 20 heavy (non-hydrogen) atoms. The van der Waals surface area contributed by atoms with Crippen molar-refractivity contribution in [2.75, 3.05) is 0 Å². The van der Waals surface area contributed by atoms with Crippen LogP contribution in [0.25, 0.3) is 11.1 Å². The zero-order valence-corrected chi connectivity index (χ0v) is 14.6. The molecule has 0 aliphatic rings. The van der Waals surface area contributed by atoms with Crippen molar-refractivity contribution in [3.05, 3.63) is 51.4 Å². The Kier molecular flexibility index (Phi) is 4.29. The van der Waals surface area contributed by atoms with Gasteiger partial charge in [-0.15, -0.1) is 0 Å². The van der Waals surface area contributed by atoms with E-state index in [1.165, 1.54) is 18.2 Å². The van der Waals surface area contributed by atoms with Gasteiger partial charge in [-0.25, -0.2) is 13.2 Å². The zero-order chi connectivity index (χ0) is 15.1. The van der Waals surface area contributed by atoms with Gasteiger partial charge in [0.15, 0.2) is 11.6 Å². The first-order valence-electron chi connectivity index (χ1n) is 6.15. The fourth-order valence-electron chi connectivity index (χ4n) is 2.04. The molecule has 0 atom stereocenters. The van der Waals surface area contributed by atoms with Gasteiger partial charge < -0.3 is 0 Å². The maximum Gasteiger partial charge on any atom is 0.166 e. The van der Waals surface area contributed by atoms with E-state index >= 15 is 0 Å². The molecule has 2 aromatic carbocycles. The SMILES string of the molecule is C[Si](C)(C)c1ccc(-c2ccc(I)cc2F)c(F)c1F. The minimum Gasteiger partial charge on any atom is -0.206 e. The first kappa shape index (κ1) is 15.6. The van der Waals surface area contributed by atoms with Gasteiger partial charge in [-0.2, -0.15) is 0 Å². The molecule has 0 amide bonds. The van der Waals surface area contributed by atoms with Crippen LogP contribution in [-0.4, -0.2) is 8.07 Å². The van der Waals surface area contributed by atoms with Crippen LogP contribution in [0, 0.1) is 21.0 Å². The molecule has 0 aliphatic heterocycles. The molecular formula is C15H14F3ISi. The van der Waals surface area contributed by atoms with E-state index < -0.39 is 25.5 Å². The van der Waals surface area contributed by atoms with Crippen LogP contribution < -0.4 is 5.19 Å². The molecule has 0 N–H and O–H groups in total. The van der Waals surface area contributed by atoms with Crippen molar-refractivity contribution < 1.29 is 13.2 Å². The summed E-state index contributed by atoms with van der Waals surface area (Å²) < 4.78 is 43.0. The number of benzene rings is 2. The van der Waals surface area contributed by atoms with Crippen molar-refractivity contribution in [2.45, 2.75) is 19.6 Å². The second kappa shape index (κ2) is 5.52. The Morgan fingerprint density at radius 3 is 2.00 bits per heavy atom. The molecule has 0 radical (unpaired) electrons. The molecule has 106 valence electrons. The summed E-state index contributed by atoms with van der Waals surface area (Å²) in [4.78, 5) is 0. The second-order valence-electron chi connectivity index (χ2n) is 5.66. The molecule has 0 saturated heterocycles. The number of hydrogen-bond acceptors (Lipinski definition) is 0. The van der Waals surface area contributed by atoms with Crippen LogP contribution in [0.2, 0.25) is 19.6 Å². The highest BCUT2D eigenvalue weighted by atomic mass is 127. The Morgan fingerprint density at radius 1 is 0.850 bits per heavy atom. The van der Waals surface area contributed by atoms with Crippen LogP contribution in [0.4, 0.5) is 13.2 Å². The Labute approximate surface area is 131 Å². The van der Waals surface area contributed by atoms with E-state index in [1.54, 1.807) is 12.1 Å². The Balaban J connectivity index is 2.63. The first-order chi connectivity index (χ1) is 9.21. The fraction of sp³-hybridized carbons (Fsp3) is 0.200. The molecule has 0 unspecified atom stereocenters. The summed E-state index contributed by atoms with van der Waals surface area (Å²) in [5, 5.41) is 0.421. The van der Waals surface area contributed by atoms with E-state index in [4.69, 9.17) is 0 Å². The normalized spacial score (nSPS) is 11.8. The predicted octanol–water partition coefficient (Wildman–Crippen LogP) is 4.92. The Bertz CT molecular complexity index is 663. The van der Waals surface area contributed by atoms with Gasteiger partial charge in [-0.3, -0.25) is 0 Å². The van der Waals surface area contributed by atoms with Crippen molar-refractivity contribution in [1.29, 1.82) is 0 Å². The summed E-state index contributed by atoms with van der Waals surface area (Å²) in [7, 11) is -1.97. The summed E-state index contributed by atoms with van der Waals surface area (Å²) in [6.07, 6.45) is 0. The molecule has 0 fully saturated rings. The highest BCUT2D eigenvalue weighted by molar-refractivity contribution is 14.1. The molecule has 5 heteroatoms. The maximum atomic E-state index is 14.2. The van der Waals surface area contributed by atoms with Crippen molar-refractivity contribution in [1.82, 2.24) is 0 Å². The van der Waals surface area contributed by atoms with Gasteiger partial charge in [-0.05, 0) is 39.9 Å². The largest absolute Gasteiger partial charge is 0.206 e. The molecule has 0 aromatic heterocycles. The van der Waals surface area contributed by atoms with Gasteiger partial charge in [0.05, 0.1) is 8.07 Å². The molecular weight excluding hydrogens is 392 g/mol. The van der Waals surface area contributed by atoms with Crippen LogP contribution >= 0.6 is 22.6 Å². The average molecular weight is 406 g/mol. The quantitative estimate of drug-likeness (QED) is 0.491. The summed E-state index contributed by atoms with van der Waals surface area (Å²) in [6, 6.07) is 7.50. The molecule has 2 aromatic rings. The van der Waals surface area contributed by atoms with Gasteiger partial charge in [0, 0.05) is 14.7 Å². The van der Waals surface area contributed by atoms with Gasteiger partial charge in [0.1, 0.15) is 5.82 Å². The molecule has 0 aliphatic carbocycles. The number of hydrogen-bond donors (Lipinski definition) is 0. The maximum absolute atomic E-state index is 14.2. The lowest BCUT2D eigenvalue weighted by Crippen LogP contribution is -2.40. The molecule has 2 rings (SSSR count). The van der Waals surface area contributed by atoms with Crippen LogP contribution in [0.5, 0.6) is 0 Å². The molecule has 0 saturated carbocycles. The summed E-state index contributed by atoms with van der Waals surface area (Å²) >= 11 is 1.97. The number of rotatable bonds is 2. The number of halogens is 4. The second-order valence-corrected chi connectivity index (χ2v) is 11.9. The monoisotopic (exact) mass is 406 g/mol. The topological polar surface area (TPSA) is 0 Å². The van der Waals surface area contributed by atoms with Crippen LogP contribution in [0.1, 0.15) is 0 Å². The smallest absolute Gasteiger partial charge is 0.166 e. The lowest BCUT2D eigenvalue weighted by atomic mass is 10.0. The van der Waals surface area contributed by atoms with E-state index in [2.05, 4.69) is 0 Å². The average Bonchev–Trinajstić information content (AvgIpc) is 2.32. The van der Waals surface area contributed by atoms with Gasteiger partial charge >= 0.3 is 0 Å². The van der Waals surface area contributed by atoms with Gasteiger partial charge in [-0.1, -0.05) is 37.8 Å². The summed E-state index contributed by atoms with van der Waals surface area (Å²) in [5.41, 5.74) is 0.0577. The van der Waals surface area contributed by atoms with E-state index in [0.717, 1.165) is 0 Å². The summed E-state index contributed by atoms with van der Waals surface area (Å²) in [5.74, 6) is -2.36. The minimum atomic E-state index is -1.97. The fourth-order valence-corrected chi connectivity index (χ4v) is 3.85. The van der Waals surface area contributed by atoms with Crippen LogP contribution in [-0.2, 0) is 0 Å². The predicted molar refractivity (Wildman–Crippen MR) is 87.4 cm³/mol. The minimum absolute atomic E-state index is 0.0293. The highest BCUT2D eigenvalue weighted by Crippen LogP contribution is 2.28. The lowest BCUT2D eigenvalue weighted by Gasteiger charge is -2.19. The lowest BCUT2D eigenvalue weighted by molar-refractivity contribution is 0.515. The standard InChI is InChI=1S/C15H14F3ISi/c1-20(2,3)13-7-6-11(14(17)15(13)18)10-5-4-9(19)8-12(10)16/h4-8H,1-3H3. The van der Waals surface area contributed by atoms with E-state index in [1.807, 2.05) is 42.2 Å². The molecule has 0 spiro atoms. The highest BCUT2D eigenvalue weighted by Gasteiger charge is 2.25. The third kappa shape index (κ3) is 2.93. The Morgan fingerprint density at radius 2 is 1.45 bits per heavy atom. The van der Waals surface area contributed by atoms with Crippen LogP contribution in [0.15, 0.2) is 30.3 Å². The van der Waals surface area contributed by atoms with Crippen molar-refractivity contribution in [2.24, 2.45) is 0 Å². The van der Waals surface area contributed by atoms with E-state index in [9.17, 15) is 13.2 Å². The van der Waals surface area contributed by atoms with Gasteiger partial charge in [0.25, 0.3) is 0 Å². The first-order valence-corrected chi connectivity index (χ1v) is 10.7. The van der Waals surface area contributed by atoms with E-state index in [-0.39, 0.29) is 11.1 Å². The third-order valence-corrected chi connectivity index (χ3v) is 5.78. The van der Waals surface area contributed by atoms with Crippen molar-refractivity contribution in [3.63, 3.8) is 0 Å². The van der Waals surface area contributed by atoms with Crippen LogP contribution in [0.3, 0.4) is 0 Å². The third-order valence-electron chi connectivity index (χ3n) is 3.11. The van der Waals surface area contributed by atoms with Crippen molar-refractivity contribution in [3.8, 4) is 11.1 Å².